The maximum Gasteiger partial charge on any atom is 0.270 e. The van der Waals surface area contributed by atoms with E-state index in [0.29, 0.717) is 11.3 Å². The van der Waals surface area contributed by atoms with E-state index in [0.717, 1.165) is 0 Å². The first-order chi connectivity index (χ1) is 15.3. The van der Waals surface area contributed by atoms with Crippen LogP contribution >= 0.6 is 0 Å². The van der Waals surface area contributed by atoms with Crippen molar-refractivity contribution in [3.05, 3.63) is 82.7 Å². The highest BCUT2D eigenvalue weighted by Crippen LogP contribution is 2.22. The minimum Gasteiger partial charge on any atom is -0.478 e. The normalized spacial score (nSPS) is 11.2. The standard InChI is InChI=1S/C20H17N5O6S/c1-31-20-19(21-11-12-22-20)24-32(29,30)17-8-6-15(7-9-17)23-18(26)10-5-14-3-2-4-16(13-14)25(27)28/h2-13H,1H3,(H,21,24)(H,23,26)/b10-5+. The molecule has 0 radical (unpaired) electrons. The molecule has 0 saturated heterocycles. The van der Waals surface area contributed by atoms with Gasteiger partial charge >= 0.3 is 0 Å². The van der Waals surface area contributed by atoms with Crippen LogP contribution in [0.25, 0.3) is 6.08 Å². The van der Waals surface area contributed by atoms with Gasteiger partial charge in [0.2, 0.25) is 11.7 Å². The van der Waals surface area contributed by atoms with E-state index in [9.17, 15) is 23.3 Å². The molecule has 2 N–H and O–H groups in total. The Labute approximate surface area is 183 Å². The molecule has 12 heteroatoms. The first-order valence-corrected chi connectivity index (χ1v) is 10.5. The minimum atomic E-state index is -3.96. The predicted molar refractivity (Wildman–Crippen MR) is 117 cm³/mol. The van der Waals surface area contributed by atoms with Gasteiger partial charge in [-0.15, -0.1) is 0 Å². The van der Waals surface area contributed by atoms with E-state index < -0.39 is 20.9 Å². The Morgan fingerprint density at radius 3 is 2.53 bits per heavy atom. The van der Waals surface area contributed by atoms with Crippen molar-refractivity contribution in [3.63, 3.8) is 0 Å². The third kappa shape index (κ3) is 5.64. The number of carbonyl (C=O) groups is 1. The van der Waals surface area contributed by atoms with Crippen molar-refractivity contribution in [2.75, 3.05) is 17.1 Å². The summed E-state index contributed by atoms with van der Waals surface area (Å²) in [6.07, 6.45) is 5.33. The summed E-state index contributed by atoms with van der Waals surface area (Å²) in [5.74, 6) is -0.524. The van der Waals surface area contributed by atoms with Gasteiger partial charge in [0.1, 0.15) is 0 Å². The van der Waals surface area contributed by atoms with Crippen molar-refractivity contribution < 1.29 is 22.9 Å². The van der Waals surface area contributed by atoms with E-state index in [2.05, 4.69) is 20.0 Å². The fourth-order valence-electron chi connectivity index (χ4n) is 2.55. The van der Waals surface area contributed by atoms with Gasteiger partial charge in [0.05, 0.1) is 16.9 Å². The zero-order valence-electron chi connectivity index (χ0n) is 16.6. The number of aromatic nitrogens is 2. The van der Waals surface area contributed by atoms with Gasteiger partial charge in [-0.1, -0.05) is 12.1 Å². The average molecular weight is 455 g/mol. The molecule has 0 bridgehead atoms. The highest BCUT2D eigenvalue weighted by molar-refractivity contribution is 7.92. The van der Waals surface area contributed by atoms with Crippen LogP contribution in [0.15, 0.2) is 71.9 Å². The number of amides is 1. The summed E-state index contributed by atoms with van der Waals surface area (Å²) in [6.45, 7) is 0. The van der Waals surface area contributed by atoms with Crippen molar-refractivity contribution in [1.82, 2.24) is 9.97 Å². The topological polar surface area (TPSA) is 153 Å². The van der Waals surface area contributed by atoms with E-state index in [4.69, 9.17) is 4.74 Å². The Morgan fingerprint density at radius 1 is 1.12 bits per heavy atom. The molecule has 0 aliphatic heterocycles. The molecule has 0 saturated carbocycles. The molecule has 3 aromatic rings. The molecule has 0 spiro atoms. The number of anilines is 2. The number of nitrogens with zero attached hydrogens (tertiary/aromatic N) is 3. The molecule has 1 heterocycles. The monoisotopic (exact) mass is 455 g/mol. The van der Waals surface area contributed by atoms with Gasteiger partial charge in [-0.25, -0.2) is 18.4 Å². The molecule has 0 aliphatic rings. The van der Waals surface area contributed by atoms with E-state index in [1.54, 1.807) is 6.07 Å². The van der Waals surface area contributed by atoms with Crippen LogP contribution in [-0.4, -0.2) is 36.3 Å². The molecule has 2 aromatic carbocycles. The quantitative estimate of drug-likeness (QED) is 0.299. The maximum atomic E-state index is 12.6. The van der Waals surface area contributed by atoms with Crippen molar-refractivity contribution >= 4 is 39.2 Å². The van der Waals surface area contributed by atoms with Crippen LogP contribution in [0.5, 0.6) is 5.88 Å². The molecule has 0 aliphatic carbocycles. The summed E-state index contributed by atoms with van der Waals surface area (Å²) in [5.41, 5.74) is 0.758. The summed E-state index contributed by atoms with van der Waals surface area (Å²) >= 11 is 0. The first-order valence-electron chi connectivity index (χ1n) is 9.00. The molecular weight excluding hydrogens is 438 g/mol. The van der Waals surface area contributed by atoms with Gasteiger partial charge in [0, 0.05) is 36.3 Å². The molecular formula is C20H17N5O6S. The second-order valence-corrected chi connectivity index (χ2v) is 7.90. The van der Waals surface area contributed by atoms with Gasteiger partial charge in [0.25, 0.3) is 21.6 Å². The lowest BCUT2D eigenvalue weighted by Crippen LogP contribution is -2.15. The van der Waals surface area contributed by atoms with Crippen LogP contribution in [0.1, 0.15) is 5.56 Å². The molecule has 11 nitrogen and oxygen atoms in total. The number of nitrogens with one attached hydrogen (secondary N) is 2. The molecule has 3 rings (SSSR count). The highest BCUT2D eigenvalue weighted by Gasteiger charge is 2.18. The van der Waals surface area contributed by atoms with Crippen LogP contribution in [-0.2, 0) is 14.8 Å². The van der Waals surface area contributed by atoms with Gasteiger partial charge in [-0.05, 0) is 35.9 Å². The molecule has 1 aromatic heterocycles. The molecule has 32 heavy (non-hydrogen) atoms. The zero-order valence-corrected chi connectivity index (χ0v) is 17.4. The zero-order chi connectivity index (χ0) is 23.1. The van der Waals surface area contributed by atoms with Crippen molar-refractivity contribution in [2.45, 2.75) is 4.90 Å². The number of nitro groups is 1. The first kappa shape index (κ1) is 22.4. The number of carbonyl (C=O) groups excluding carboxylic acids is 1. The predicted octanol–water partition coefficient (Wildman–Crippen LogP) is 2.85. The van der Waals surface area contributed by atoms with Crippen LogP contribution in [0.3, 0.4) is 0 Å². The van der Waals surface area contributed by atoms with Crippen molar-refractivity contribution in [3.8, 4) is 5.88 Å². The Bertz CT molecular complexity index is 1280. The number of hydrogen-bond donors (Lipinski definition) is 2. The number of sulfonamides is 1. The lowest BCUT2D eigenvalue weighted by atomic mass is 10.2. The number of rotatable bonds is 8. The van der Waals surface area contributed by atoms with Crippen molar-refractivity contribution in [2.24, 2.45) is 0 Å². The summed E-state index contributed by atoms with van der Waals surface area (Å²) in [5, 5.41) is 13.4. The van der Waals surface area contributed by atoms with Crippen LogP contribution in [0.2, 0.25) is 0 Å². The molecule has 1 amide bonds. The summed E-state index contributed by atoms with van der Waals surface area (Å²) in [7, 11) is -2.62. The fraction of sp³-hybridized carbons (Fsp3) is 0.0500. The molecule has 0 unspecified atom stereocenters. The van der Waals surface area contributed by atoms with E-state index >= 15 is 0 Å². The Morgan fingerprint density at radius 2 is 1.84 bits per heavy atom. The molecule has 164 valence electrons. The summed E-state index contributed by atoms with van der Waals surface area (Å²) in [4.78, 5) is 30.1. The van der Waals surface area contributed by atoms with Gasteiger partial charge < -0.3 is 10.1 Å². The Balaban J connectivity index is 1.67. The van der Waals surface area contributed by atoms with Gasteiger partial charge in [0.15, 0.2) is 0 Å². The lowest BCUT2D eigenvalue weighted by Gasteiger charge is -2.10. The van der Waals surface area contributed by atoms with E-state index in [-0.39, 0.29) is 22.3 Å². The van der Waals surface area contributed by atoms with E-state index in [1.807, 2.05) is 0 Å². The maximum absolute atomic E-state index is 12.6. The number of methoxy groups -OCH3 is 1. The number of benzene rings is 2. The number of ether oxygens (including phenoxy) is 1. The largest absolute Gasteiger partial charge is 0.478 e. The SMILES string of the molecule is COc1nccnc1NS(=O)(=O)c1ccc(NC(=O)/C=C/c2cccc([N+](=O)[O-])c2)cc1. The van der Waals surface area contributed by atoms with Crippen LogP contribution < -0.4 is 14.8 Å². The third-order valence-corrected chi connectivity index (χ3v) is 5.38. The number of non-ortho nitro benzene ring substituents is 1. The molecule has 0 atom stereocenters. The van der Waals surface area contributed by atoms with Crippen LogP contribution in [0, 0.1) is 10.1 Å². The third-order valence-electron chi connectivity index (χ3n) is 4.03. The Hall–Kier alpha value is -4.32. The Kier molecular flexibility index (Phi) is 6.75. The van der Waals surface area contributed by atoms with Gasteiger partial charge in [-0.2, -0.15) is 0 Å². The van der Waals surface area contributed by atoms with Crippen molar-refractivity contribution in [1.29, 1.82) is 0 Å². The smallest absolute Gasteiger partial charge is 0.270 e. The van der Waals surface area contributed by atoms with Crippen LogP contribution in [0.4, 0.5) is 17.2 Å². The van der Waals surface area contributed by atoms with Gasteiger partial charge in [-0.3, -0.25) is 19.6 Å². The summed E-state index contributed by atoms with van der Waals surface area (Å²) in [6, 6.07) is 11.3. The molecule has 0 fully saturated rings. The number of nitro benzene ring substituents is 1. The summed E-state index contributed by atoms with van der Waals surface area (Å²) < 4.78 is 32.4. The second-order valence-electron chi connectivity index (χ2n) is 6.22. The average Bonchev–Trinajstić information content (AvgIpc) is 2.78. The lowest BCUT2D eigenvalue weighted by molar-refractivity contribution is -0.384. The minimum absolute atomic E-state index is 0.0236. The second kappa shape index (κ2) is 9.66. The number of hydrogen-bond acceptors (Lipinski definition) is 8. The highest BCUT2D eigenvalue weighted by atomic mass is 32.2. The fourth-order valence-corrected chi connectivity index (χ4v) is 3.55. The van der Waals surface area contributed by atoms with E-state index in [1.165, 1.54) is 74.1 Å².